The van der Waals surface area contributed by atoms with Gasteiger partial charge in [-0.15, -0.1) is 5.11 Å². The smallest absolute Gasteiger partial charge is 0.870 e. The molecule has 0 aliphatic rings. The monoisotopic (exact) mass is 595 g/mol. The molecule has 0 atom stereocenters. The maximum absolute atomic E-state index is 13.4. The average molecular weight is 596 g/mol. The number of hydrogen-bond acceptors (Lipinski definition) is 7. The summed E-state index contributed by atoms with van der Waals surface area (Å²) in [7, 11) is -3.24. The molecule has 0 aromatic heterocycles. The van der Waals surface area contributed by atoms with Gasteiger partial charge >= 0.3 is 29.6 Å². The van der Waals surface area contributed by atoms with Crippen LogP contribution < -0.4 is 44.7 Å². The largest absolute Gasteiger partial charge is 1.00 e. The molecule has 0 saturated heterocycles. The minimum Gasteiger partial charge on any atom is -0.870 e. The molecule has 9 nitrogen and oxygen atoms in total. The molecule has 0 bridgehead atoms. The number of benzene rings is 4. The third kappa shape index (κ3) is 6.90. The van der Waals surface area contributed by atoms with E-state index < -0.39 is 26.7 Å². The minimum atomic E-state index is -4.69. The fourth-order valence-electron chi connectivity index (χ4n) is 3.90. The van der Waals surface area contributed by atoms with Gasteiger partial charge in [0.2, 0.25) is 0 Å². The number of azo groups is 1. The Kier molecular flexibility index (Phi) is 10.0. The van der Waals surface area contributed by atoms with Crippen LogP contribution in [0.2, 0.25) is 10.0 Å². The van der Waals surface area contributed by atoms with Crippen LogP contribution in [0.3, 0.4) is 0 Å². The fourth-order valence-corrected chi connectivity index (χ4v) is 5.26. The van der Waals surface area contributed by atoms with Crippen LogP contribution in [0.25, 0.3) is 10.8 Å². The molecule has 4 aromatic carbocycles. The summed E-state index contributed by atoms with van der Waals surface area (Å²) in [6, 6.07) is 15.3. The van der Waals surface area contributed by atoms with Crippen molar-refractivity contribution in [2.45, 2.75) is 18.2 Å². The number of nitrogens with zero attached hydrogens (tertiary/aromatic N) is 2. The first-order valence-electron chi connectivity index (χ1n) is 11.1. The van der Waals surface area contributed by atoms with Gasteiger partial charge in [-0.25, -0.2) is 0 Å². The van der Waals surface area contributed by atoms with Crippen molar-refractivity contribution in [1.82, 2.24) is 0 Å². The van der Waals surface area contributed by atoms with Crippen molar-refractivity contribution >= 4 is 67.1 Å². The van der Waals surface area contributed by atoms with E-state index in [4.69, 9.17) is 27.9 Å². The molecule has 196 valence electrons. The molecule has 13 heteroatoms. The Morgan fingerprint density at radius 1 is 1.05 bits per heavy atom. The van der Waals surface area contributed by atoms with Gasteiger partial charge in [-0.3, -0.25) is 9.35 Å². The Morgan fingerprint density at radius 2 is 1.74 bits per heavy atom. The molecule has 0 aliphatic carbocycles. The molecule has 1 amide bonds. The number of ether oxygens (including phenoxy) is 1. The van der Waals surface area contributed by atoms with Gasteiger partial charge in [0.25, 0.3) is 16.0 Å². The number of fused-ring (bicyclic) bond motifs is 1. The Hall–Kier alpha value is -2.70. The van der Waals surface area contributed by atoms with E-state index in [2.05, 4.69) is 15.5 Å². The third-order valence-electron chi connectivity index (χ3n) is 5.59. The second-order valence-corrected chi connectivity index (χ2v) is 10.3. The van der Waals surface area contributed by atoms with Crippen LogP contribution in [-0.4, -0.2) is 26.0 Å². The molecule has 0 aliphatic heterocycles. The van der Waals surface area contributed by atoms with Crippen LogP contribution in [0, 0.1) is 0 Å². The summed E-state index contributed by atoms with van der Waals surface area (Å²) in [6.45, 7) is 1.68. The second-order valence-electron chi connectivity index (χ2n) is 8.10. The number of anilines is 1. The van der Waals surface area contributed by atoms with Crippen molar-refractivity contribution in [3.63, 3.8) is 0 Å². The molecular weight excluding hydrogens is 576 g/mol. The van der Waals surface area contributed by atoms with E-state index in [1.54, 1.807) is 37.3 Å². The molecular formula is C26H20Cl2N3NaO6S. The van der Waals surface area contributed by atoms with Crippen molar-refractivity contribution < 1.29 is 57.2 Å². The first-order valence-corrected chi connectivity index (χ1v) is 13.3. The van der Waals surface area contributed by atoms with E-state index in [0.29, 0.717) is 27.2 Å². The average Bonchev–Trinajstić information content (AvgIpc) is 2.86. The SMILES string of the molecule is CCc1cc(Cl)cc(N=Nc2c([O-])c(C(=O)Nc3cc(Cl)cc(OC)c3)cc3ccccc23)c1S(=O)(=O)O.[Na+]. The predicted molar refractivity (Wildman–Crippen MR) is 144 cm³/mol. The summed E-state index contributed by atoms with van der Waals surface area (Å²) in [6.07, 6.45) is 0.234. The normalized spacial score (nSPS) is 11.4. The number of nitrogens with one attached hydrogen (secondary N) is 1. The van der Waals surface area contributed by atoms with Gasteiger partial charge in [-0.1, -0.05) is 60.1 Å². The van der Waals surface area contributed by atoms with E-state index in [9.17, 15) is 22.9 Å². The van der Waals surface area contributed by atoms with Crippen LogP contribution >= 0.6 is 23.2 Å². The van der Waals surface area contributed by atoms with Crippen molar-refractivity contribution in [2.24, 2.45) is 10.2 Å². The van der Waals surface area contributed by atoms with Gasteiger partial charge in [-0.05, 0) is 47.7 Å². The van der Waals surface area contributed by atoms with Crippen molar-refractivity contribution in [2.75, 3.05) is 12.4 Å². The van der Waals surface area contributed by atoms with E-state index in [1.807, 2.05) is 0 Å². The standard InChI is InChI=1S/C26H21Cl2N3O6S.Na/c1-3-14-8-16(27)12-22(25(14)38(34,35)36)30-31-23-20-7-5-4-6-15(20)9-21(24(23)32)26(33)29-18-10-17(28)11-19(13-18)37-2;/h4-13,32H,3H2,1-2H3,(H,29,33)(H,34,35,36);/q;+1/p-1. The van der Waals surface area contributed by atoms with E-state index in [1.165, 1.54) is 37.4 Å². The zero-order valence-corrected chi connectivity index (χ0v) is 25.4. The quantitative estimate of drug-likeness (QED) is 0.189. The number of amides is 1. The van der Waals surface area contributed by atoms with Crippen LogP contribution in [0.1, 0.15) is 22.8 Å². The summed E-state index contributed by atoms with van der Waals surface area (Å²) < 4.78 is 39.2. The number of halogens is 2. The molecule has 0 saturated carbocycles. The number of methoxy groups -OCH3 is 1. The molecule has 0 heterocycles. The summed E-state index contributed by atoms with van der Waals surface area (Å²) in [5, 5.41) is 25.5. The minimum absolute atomic E-state index is 0. The molecule has 39 heavy (non-hydrogen) atoms. The zero-order valence-electron chi connectivity index (χ0n) is 21.0. The van der Waals surface area contributed by atoms with Gasteiger partial charge in [0.1, 0.15) is 16.3 Å². The van der Waals surface area contributed by atoms with Crippen LogP contribution in [-0.2, 0) is 16.5 Å². The van der Waals surface area contributed by atoms with Gasteiger partial charge in [0.15, 0.2) is 0 Å². The Balaban J connectivity index is 0.00000420. The van der Waals surface area contributed by atoms with E-state index in [-0.39, 0.29) is 63.5 Å². The number of carbonyl (C=O) groups excluding carboxylic acids is 1. The topological polar surface area (TPSA) is 140 Å². The summed E-state index contributed by atoms with van der Waals surface area (Å²) in [5.74, 6) is -1.06. The Morgan fingerprint density at radius 3 is 2.41 bits per heavy atom. The number of aryl methyl sites for hydroxylation is 1. The summed E-state index contributed by atoms with van der Waals surface area (Å²) in [5.41, 5.74) is -0.144. The van der Waals surface area contributed by atoms with Crippen molar-refractivity contribution in [3.8, 4) is 11.5 Å². The molecule has 0 spiro atoms. The molecule has 4 aromatic rings. The third-order valence-corrected chi connectivity index (χ3v) is 7.02. The number of rotatable bonds is 7. The Bertz CT molecular complexity index is 1710. The summed E-state index contributed by atoms with van der Waals surface area (Å²) >= 11 is 12.2. The predicted octanol–water partition coefficient (Wildman–Crippen LogP) is 3.71. The maximum Gasteiger partial charge on any atom is 1.00 e. The summed E-state index contributed by atoms with van der Waals surface area (Å²) in [4.78, 5) is 12.7. The molecule has 0 fully saturated rings. The molecule has 4 rings (SSSR count). The van der Waals surface area contributed by atoms with Gasteiger partial charge in [-0.2, -0.15) is 13.5 Å². The number of hydrogen-bond donors (Lipinski definition) is 2. The number of carbonyl (C=O) groups is 1. The second kappa shape index (κ2) is 12.6. The van der Waals surface area contributed by atoms with Crippen molar-refractivity contribution in [3.05, 3.63) is 81.8 Å². The first kappa shape index (κ1) is 30.8. The first-order chi connectivity index (χ1) is 18.0. The van der Waals surface area contributed by atoms with Gasteiger partial charge in [0.05, 0.1) is 12.8 Å². The van der Waals surface area contributed by atoms with Crippen LogP contribution in [0.5, 0.6) is 11.5 Å². The maximum atomic E-state index is 13.4. The van der Waals surface area contributed by atoms with Crippen molar-refractivity contribution in [1.29, 1.82) is 0 Å². The van der Waals surface area contributed by atoms with E-state index in [0.717, 1.165) is 0 Å². The van der Waals surface area contributed by atoms with Crippen LogP contribution in [0.4, 0.5) is 17.1 Å². The zero-order chi connectivity index (χ0) is 27.6. The van der Waals surface area contributed by atoms with Crippen LogP contribution in [0.15, 0.2) is 75.8 Å². The fraction of sp³-hybridized carbons (Fsp3) is 0.115. The Labute approximate surface area is 256 Å². The van der Waals surface area contributed by atoms with E-state index >= 15 is 0 Å². The molecule has 2 N–H and O–H groups in total. The van der Waals surface area contributed by atoms with Gasteiger partial charge in [0, 0.05) is 32.7 Å². The van der Waals surface area contributed by atoms with Gasteiger partial charge < -0.3 is 15.2 Å². The molecule has 0 radical (unpaired) electrons. The molecule has 0 unspecified atom stereocenters.